The van der Waals surface area contributed by atoms with Gasteiger partial charge in [-0.1, -0.05) is 54.0 Å². The Labute approximate surface area is 233 Å². The van der Waals surface area contributed by atoms with E-state index in [1.165, 1.54) is 4.57 Å². The number of aliphatic carboxylic acids is 1. The number of H-pyrrole nitrogens is 1. The highest BCUT2D eigenvalue weighted by Crippen LogP contribution is 2.35. The Kier molecular flexibility index (Phi) is 8.37. The molecule has 1 aliphatic rings. The van der Waals surface area contributed by atoms with Gasteiger partial charge in [0.15, 0.2) is 17.1 Å². The quantitative estimate of drug-likeness (QED) is 0.327. The summed E-state index contributed by atoms with van der Waals surface area (Å²) in [5.41, 5.74) is 1.69. The first-order chi connectivity index (χ1) is 18.8. The molecule has 5 rings (SSSR count). The first-order valence-corrected chi connectivity index (χ1v) is 12.8. The zero-order valence-corrected chi connectivity index (χ0v) is 22.9. The van der Waals surface area contributed by atoms with Crippen LogP contribution in [-0.4, -0.2) is 43.1 Å². The number of aromatic amines is 1. The number of carboxylic acid groups (broad SMARTS) is 1. The van der Waals surface area contributed by atoms with E-state index in [9.17, 15) is 22.8 Å². The number of fused-ring (bicyclic) bond motifs is 2. The standard InChI is InChI=1S/C24H23BrN4O4.C2HF3O2/c1-14(2)11-28-22-20(26-19(27-22)10-15-6-8-17(25)9-7-15)23(30)29(24(28)31)12-16-4-3-5-18-21(16)33-13-32-18;3-2(4,5)1(6)7/h3-9,14H,10-13H2,1-2H3,(H,26,27);(H,6,7). The molecule has 0 amide bonds. The number of hydrogen-bond acceptors (Lipinski definition) is 6. The maximum atomic E-state index is 13.4. The molecular formula is C26H24BrF3N4O6. The monoisotopic (exact) mass is 624 g/mol. The zero-order chi connectivity index (χ0) is 29.2. The fourth-order valence-electron chi connectivity index (χ4n) is 4.05. The number of carboxylic acids is 1. The smallest absolute Gasteiger partial charge is 0.475 e. The van der Waals surface area contributed by atoms with Crippen molar-refractivity contribution in [2.75, 3.05) is 6.79 Å². The van der Waals surface area contributed by atoms with Gasteiger partial charge in [0.25, 0.3) is 5.56 Å². The second-order valence-electron chi connectivity index (χ2n) is 9.32. The van der Waals surface area contributed by atoms with Gasteiger partial charge in [0, 0.05) is 23.0 Å². The summed E-state index contributed by atoms with van der Waals surface area (Å²) in [6.07, 6.45) is -4.56. The van der Waals surface area contributed by atoms with Gasteiger partial charge < -0.3 is 19.6 Å². The highest BCUT2D eigenvalue weighted by molar-refractivity contribution is 9.10. The van der Waals surface area contributed by atoms with Crippen LogP contribution in [0.1, 0.15) is 30.8 Å². The molecule has 4 aromatic rings. The third kappa shape index (κ3) is 6.38. The lowest BCUT2D eigenvalue weighted by Gasteiger charge is -2.13. The van der Waals surface area contributed by atoms with Crippen molar-refractivity contribution < 1.29 is 32.5 Å². The third-order valence-corrected chi connectivity index (χ3v) is 6.32. The predicted octanol–water partition coefficient (Wildman–Crippen LogP) is 4.31. The molecule has 2 aromatic heterocycles. The van der Waals surface area contributed by atoms with Gasteiger partial charge in [-0.3, -0.25) is 13.9 Å². The molecule has 0 aliphatic carbocycles. The van der Waals surface area contributed by atoms with Crippen LogP contribution in [0.15, 0.2) is 56.5 Å². The van der Waals surface area contributed by atoms with Crippen molar-refractivity contribution in [1.82, 2.24) is 19.1 Å². The lowest BCUT2D eigenvalue weighted by molar-refractivity contribution is -0.192. The number of carbonyl (C=O) groups is 1. The normalized spacial score (nSPS) is 12.5. The van der Waals surface area contributed by atoms with Crippen molar-refractivity contribution >= 4 is 33.1 Å². The lowest BCUT2D eigenvalue weighted by atomic mass is 10.1. The summed E-state index contributed by atoms with van der Waals surface area (Å²) in [6, 6.07) is 13.4. The minimum atomic E-state index is -5.08. The lowest BCUT2D eigenvalue weighted by Crippen LogP contribution is -2.41. The minimum absolute atomic E-state index is 0.0826. The van der Waals surface area contributed by atoms with Crippen molar-refractivity contribution in [2.45, 2.75) is 39.5 Å². The first-order valence-electron chi connectivity index (χ1n) is 12.0. The number of hydrogen-bond donors (Lipinski definition) is 2. The molecule has 0 unspecified atom stereocenters. The number of imidazole rings is 1. The summed E-state index contributed by atoms with van der Waals surface area (Å²) in [7, 11) is 0. The summed E-state index contributed by atoms with van der Waals surface area (Å²) >= 11 is 3.44. The number of para-hydroxylation sites is 1. The SMILES string of the molecule is CC(C)Cn1c(=O)n(Cc2cccc3c2OCO3)c(=O)c2[nH]c(Cc3ccc(Br)cc3)nc21.O=C(O)C(F)(F)F. The van der Waals surface area contributed by atoms with Crippen molar-refractivity contribution in [2.24, 2.45) is 5.92 Å². The van der Waals surface area contributed by atoms with Gasteiger partial charge in [0.1, 0.15) is 11.3 Å². The van der Waals surface area contributed by atoms with Crippen LogP contribution in [0, 0.1) is 5.92 Å². The fourth-order valence-corrected chi connectivity index (χ4v) is 4.31. The summed E-state index contributed by atoms with van der Waals surface area (Å²) in [6.45, 7) is 4.71. The summed E-state index contributed by atoms with van der Waals surface area (Å²) in [4.78, 5) is 43.6. The molecule has 0 saturated carbocycles. The van der Waals surface area contributed by atoms with Crippen molar-refractivity contribution in [3.05, 3.63) is 84.7 Å². The molecule has 10 nitrogen and oxygen atoms in total. The molecule has 212 valence electrons. The second kappa shape index (κ2) is 11.6. The van der Waals surface area contributed by atoms with E-state index in [0.29, 0.717) is 47.0 Å². The molecule has 14 heteroatoms. The van der Waals surface area contributed by atoms with Crippen LogP contribution < -0.4 is 20.7 Å². The molecule has 0 saturated heterocycles. The minimum Gasteiger partial charge on any atom is -0.475 e. The molecule has 0 bridgehead atoms. The van der Waals surface area contributed by atoms with Gasteiger partial charge in [0.05, 0.1) is 6.54 Å². The maximum Gasteiger partial charge on any atom is 0.490 e. The number of aromatic nitrogens is 4. The van der Waals surface area contributed by atoms with Gasteiger partial charge >= 0.3 is 17.8 Å². The van der Waals surface area contributed by atoms with Crippen molar-refractivity contribution in [1.29, 1.82) is 0 Å². The highest BCUT2D eigenvalue weighted by Gasteiger charge is 2.38. The van der Waals surface area contributed by atoms with Crippen molar-refractivity contribution in [3.63, 3.8) is 0 Å². The Hall–Kier alpha value is -4.07. The average Bonchev–Trinajstić information content (AvgIpc) is 3.53. The van der Waals surface area contributed by atoms with Gasteiger partial charge in [0.2, 0.25) is 6.79 Å². The van der Waals surface area contributed by atoms with Crippen LogP contribution in [-0.2, 0) is 24.3 Å². The van der Waals surface area contributed by atoms with Gasteiger partial charge in [-0.25, -0.2) is 14.6 Å². The third-order valence-electron chi connectivity index (χ3n) is 5.79. The number of halogens is 4. The number of nitrogens with one attached hydrogen (secondary N) is 1. The molecule has 0 atom stereocenters. The van der Waals surface area contributed by atoms with Gasteiger partial charge in [-0.15, -0.1) is 0 Å². The largest absolute Gasteiger partial charge is 0.490 e. The topological polar surface area (TPSA) is 128 Å². The Morgan fingerprint density at radius 3 is 2.42 bits per heavy atom. The van der Waals surface area contributed by atoms with Crippen LogP contribution >= 0.6 is 15.9 Å². The number of ether oxygens (including phenoxy) is 2. The molecule has 2 aromatic carbocycles. The Balaban J connectivity index is 0.000000470. The Morgan fingerprint density at radius 2 is 1.80 bits per heavy atom. The number of benzene rings is 2. The van der Waals surface area contributed by atoms with Gasteiger partial charge in [-0.2, -0.15) is 13.2 Å². The second-order valence-corrected chi connectivity index (χ2v) is 10.2. The molecule has 1 aliphatic heterocycles. The predicted molar refractivity (Wildman–Crippen MR) is 142 cm³/mol. The molecular weight excluding hydrogens is 601 g/mol. The number of alkyl halides is 3. The maximum absolute atomic E-state index is 13.4. The molecule has 0 fully saturated rings. The van der Waals surface area contributed by atoms with E-state index in [1.807, 2.05) is 50.2 Å². The van der Waals surface area contributed by atoms with Crippen LogP contribution in [0.4, 0.5) is 13.2 Å². The van der Waals surface area contributed by atoms with E-state index in [4.69, 9.17) is 19.4 Å². The van der Waals surface area contributed by atoms with E-state index < -0.39 is 17.7 Å². The summed E-state index contributed by atoms with van der Waals surface area (Å²) in [5, 5.41) is 7.12. The van der Waals surface area contributed by atoms with Crippen molar-refractivity contribution in [3.8, 4) is 11.5 Å². The summed E-state index contributed by atoms with van der Waals surface area (Å²) < 4.78 is 46.6. The van der Waals surface area contributed by atoms with E-state index in [2.05, 4.69) is 25.9 Å². The molecule has 40 heavy (non-hydrogen) atoms. The highest BCUT2D eigenvalue weighted by atomic mass is 79.9. The first kappa shape index (κ1) is 28.9. The van der Waals surface area contributed by atoms with E-state index >= 15 is 0 Å². The average molecular weight is 625 g/mol. The molecule has 2 N–H and O–H groups in total. The number of nitrogens with zero attached hydrogens (tertiary/aromatic N) is 3. The van der Waals surface area contributed by atoms with Crippen LogP contribution in [0.25, 0.3) is 11.2 Å². The zero-order valence-electron chi connectivity index (χ0n) is 21.3. The summed E-state index contributed by atoms with van der Waals surface area (Å²) in [5.74, 6) is -0.743. The fraction of sp³-hybridized carbons (Fsp3) is 0.308. The number of rotatable bonds is 6. The Bertz CT molecular complexity index is 1660. The van der Waals surface area contributed by atoms with E-state index in [0.717, 1.165) is 10.0 Å². The van der Waals surface area contributed by atoms with Crippen LogP contribution in [0.2, 0.25) is 0 Å². The molecule has 0 spiro atoms. The van der Waals surface area contributed by atoms with E-state index in [-0.39, 0.29) is 24.9 Å². The van der Waals surface area contributed by atoms with Gasteiger partial charge in [-0.05, 0) is 29.7 Å². The van der Waals surface area contributed by atoms with E-state index in [1.54, 1.807) is 10.6 Å². The molecule has 3 heterocycles. The molecule has 0 radical (unpaired) electrons. The van der Waals surface area contributed by atoms with Crippen LogP contribution in [0.3, 0.4) is 0 Å². The Morgan fingerprint density at radius 1 is 1.12 bits per heavy atom. The van der Waals surface area contributed by atoms with Crippen LogP contribution in [0.5, 0.6) is 11.5 Å².